The zero-order valence-corrected chi connectivity index (χ0v) is 41.9. The van der Waals surface area contributed by atoms with Crippen molar-refractivity contribution in [3.05, 3.63) is 62.2 Å². The number of carbonyl (C=O) groups excluding carboxylic acids is 8. The van der Waals surface area contributed by atoms with Crippen LogP contribution in [0.2, 0.25) is 0 Å². The summed E-state index contributed by atoms with van der Waals surface area (Å²) in [7, 11) is -1.00. The summed E-state index contributed by atoms with van der Waals surface area (Å²) in [6.07, 6.45) is 10.6. The van der Waals surface area contributed by atoms with Crippen LogP contribution in [0.4, 0.5) is 4.39 Å². The number of nitrogens with one attached hydrogen (secondary N) is 6. The SMILES string of the molecule is C=CC(=O)NCCCCCNC(=O)CBr.C=CC(=O)NCCCCCNC(=O)CN=[N+]=[N-].CC(CC(CC(C)C(N)=O)C(=O)NCCCCCNC(=O)CN=[N+]=[N-])C(N)=O.[2H]CF.[N-]=[N+]=[N-].[Na+]. The Balaban J connectivity index is -0.000000205. The van der Waals surface area contributed by atoms with Crippen LogP contribution >= 0.6 is 15.9 Å². The van der Waals surface area contributed by atoms with Gasteiger partial charge in [-0.1, -0.05) is 53.2 Å². The van der Waals surface area contributed by atoms with Gasteiger partial charge >= 0.3 is 29.6 Å². The fourth-order valence-corrected chi connectivity index (χ4v) is 4.83. The van der Waals surface area contributed by atoms with E-state index in [1.165, 1.54) is 17.1 Å². The fourth-order valence-electron chi connectivity index (χ4n) is 4.63. The molecule has 0 heterocycles. The average molecular weight is 1010 g/mol. The maximum absolute atomic E-state index is 12.4. The third kappa shape index (κ3) is 56.6. The van der Waals surface area contributed by atoms with Crippen molar-refractivity contribution in [1.29, 1.82) is 0 Å². The molecule has 0 saturated carbocycles. The second-order valence-electron chi connectivity index (χ2n) is 13.3. The Morgan fingerprint density at radius 1 is 0.621 bits per heavy atom. The van der Waals surface area contributed by atoms with Crippen LogP contribution in [-0.4, -0.2) is 112 Å². The monoisotopic (exact) mass is 1010 g/mol. The van der Waals surface area contributed by atoms with Crippen LogP contribution in [0.25, 0.3) is 36.9 Å². The number of unbranched alkanes of at least 4 members (excludes halogenated alkanes) is 6. The third-order valence-corrected chi connectivity index (χ3v) is 8.60. The van der Waals surface area contributed by atoms with Gasteiger partial charge < -0.3 is 54.4 Å². The maximum atomic E-state index is 12.4. The summed E-state index contributed by atoms with van der Waals surface area (Å²) in [5, 5.41) is 22.8. The number of hydrogen-bond donors (Lipinski definition) is 8. The molecule has 0 aliphatic rings. The molecule has 0 radical (unpaired) electrons. The van der Waals surface area contributed by atoms with E-state index < -0.39 is 36.7 Å². The van der Waals surface area contributed by atoms with Crippen LogP contribution in [0.3, 0.4) is 0 Å². The number of rotatable bonds is 32. The molecule has 368 valence electrons. The van der Waals surface area contributed by atoms with E-state index >= 15 is 0 Å². The van der Waals surface area contributed by atoms with Crippen LogP contribution < -0.4 is 72.9 Å². The van der Waals surface area contributed by atoms with Crippen molar-refractivity contribution < 1.29 is 73.7 Å². The average Bonchev–Trinajstić information content (AvgIpc) is 3.29. The molecule has 0 aromatic carbocycles. The molecule has 0 aliphatic heterocycles. The van der Waals surface area contributed by atoms with Crippen LogP contribution in [0.5, 0.6) is 0 Å². The zero-order valence-electron chi connectivity index (χ0n) is 39.4. The van der Waals surface area contributed by atoms with E-state index in [2.05, 4.69) is 81.0 Å². The Labute approximate surface area is 417 Å². The van der Waals surface area contributed by atoms with Gasteiger partial charge in [0.1, 0.15) is 13.1 Å². The van der Waals surface area contributed by atoms with Gasteiger partial charge in [0.25, 0.3) is 0 Å². The fraction of sp³-hybridized carbons (Fsp3) is 0.684. The number of nitrogens with zero attached hydrogens (tertiary/aromatic N) is 9. The van der Waals surface area contributed by atoms with Gasteiger partial charge in [0.2, 0.25) is 47.3 Å². The van der Waals surface area contributed by atoms with Gasteiger partial charge in [-0.25, -0.2) is 0 Å². The number of halogens is 2. The van der Waals surface area contributed by atoms with E-state index in [1.807, 2.05) is 0 Å². The largest absolute Gasteiger partial charge is 1.00 e. The first kappa shape index (κ1) is 69.6. The predicted octanol–water partition coefficient (Wildman–Crippen LogP) is 0.650. The smallest absolute Gasteiger partial charge is 0.373 e. The van der Waals surface area contributed by atoms with E-state index in [1.54, 1.807) is 13.8 Å². The Morgan fingerprint density at radius 2 is 0.909 bits per heavy atom. The van der Waals surface area contributed by atoms with E-state index in [0.717, 1.165) is 51.4 Å². The second-order valence-corrected chi connectivity index (χ2v) is 13.9. The standard InChI is InChI=1S/C17H31N7O4.C10H17BrN2O2.C10H17N5O2.CH3F.N3.Na/c1-11(15(18)26)8-13(9-12(2)16(19)27)17(28)22-7-5-3-4-6-21-14(25)10-23-24-20;1-2-9(14)12-6-4-3-5-7-13-10(15)8-11;1-2-9(16)12-6-4-3-5-7-13-10(17)8-14-15-11;1-2;1-3-2;/h11-13H,3-10H2,1-2H3,(H2,18,26)(H2,19,27)(H,21,25)(H,22,28);2H,1,3-8H2,(H,12,14)(H,13,15);2H,1,3-8H2,(H,12,16)(H,13,17);1H3;;/q;;;;-1;+1/i;;;1D;;. The van der Waals surface area contributed by atoms with Gasteiger partial charge in [-0.05, 0) is 93.8 Å². The number of alkyl halides is 2. The Bertz CT molecular complexity index is 1550. The van der Waals surface area contributed by atoms with Crippen molar-refractivity contribution in [2.24, 2.45) is 39.4 Å². The molecule has 0 rings (SSSR count). The van der Waals surface area contributed by atoms with E-state index in [0.29, 0.717) is 51.0 Å². The minimum Gasteiger partial charge on any atom is -0.373 e. The van der Waals surface area contributed by atoms with Gasteiger partial charge in [0.15, 0.2) is 0 Å². The summed E-state index contributed by atoms with van der Waals surface area (Å²) < 4.78 is 15.5. The van der Waals surface area contributed by atoms with Crippen molar-refractivity contribution in [1.82, 2.24) is 31.9 Å². The molecule has 0 spiro atoms. The summed E-state index contributed by atoms with van der Waals surface area (Å²) in [6, 6.07) is 0. The molecule has 28 heteroatoms. The molecular weight excluding hydrogens is 944 g/mol. The Hall–Kier alpha value is -5.42. The van der Waals surface area contributed by atoms with Gasteiger partial charge in [-0.3, -0.25) is 47.7 Å². The predicted molar refractivity (Wildman–Crippen MR) is 248 cm³/mol. The minimum atomic E-state index is -1.00. The normalized spacial score (nSPS) is 10.6. The van der Waals surface area contributed by atoms with Crippen molar-refractivity contribution in [3.63, 3.8) is 0 Å². The molecule has 25 nitrogen and oxygen atoms in total. The van der Waals surface area contributed by atoms with Crippen molar-refractivity contribution in [2.45, 2.75) is 84.5 Å². The molecule has 8 amide bonds. The molecule has 0 aromatic rings. The molecule has 2 atom stereocenters. The second kappa shape index (κ2) is 55.7. The number of amides is 8. The van der Waals surface area contributed by atoms with E-state index in [9.17, 15) is 42.7 Å². The molecule has 0 bridgehead atoms. The van der Waals surface area contributed by atoms with E-state index in [-0.39, 0.29) is 90.9 Å². The zero-order chi connectivity index (χ0) is 51.4. The first-order valence-corrected chi connectivity index (χ1v) is 21.4. The maximum Gasteiger partial charge on any atom is 1.00 e. The number of carbonyl (C=O) groups is 8. The number of nitrogens with two attached hydrogens (primary N) is 2. The summed E-state index contributed by atoms with van der Waals surface area (Å²) in [4.78, 5) is 96.0. The third-order valence-electron chi connectivity index (χ3n) is 8.09. The van der Waals surface area contributed by atoms with Crippen molar-refractivity contribution in [2.75, 3.05) is 64.8 Å². The molecule has 10 N–H and O–H groups in total. The first-order chi connectivity index (χ1) is 31.4. The number of primary amides is 2. The topological polar surface area (TPSA) is 417 Å². The van der Waals surface area contributed by atoms with Crippen molar-refractivity contribution in [3.8, 4) is 0 Å². The van der Waals surface area contributed by atoms with Crippen LogP contribution in [0.15, 0.2) is 35.5 Å². The van der Waals surface area contributed by atoms with Crippen LogP contribution in [-0.2, 0) is 38.4 Å². The van der Waals surface area contributed by atoms with Crippen molar-refractivity contribution >= 4 is 63.2 Å². The van der Waals surface area contributed by atoms with Crippen LogP contribution in [0.1, 0.15) is 85.8 Å². The molecular formula is C38H68BrFN17NaO8. The quantitative estimate of drug-likeness (QED) is 0.00897. The molecule has 2 unspecified atom stereocenters. The summed E-state index contributed by atoms with van der Waals surface area (Å²) in [6.45, 7) is 13.0. The summed E-state index contributed by atoms with van der Waals surface area (Å²) >= 11 is 3.06. The molecule has 0 aromatic heterocycles. The number of hydrogen-bond acceptors (Lipinski definition) is 10. The van der Waals surface area contributed by atoms with Crippen LogP contribution in [0, 0.1) is 17.8 Å². The summed E-state index contributed by atoms with van der Waals surface area (Å²) in [5.41, 5.74) is 40.2. The Morgan fingerprint density at radius 3 is 1.18 bits per heavy atom. The van der Waals surface area contributed by atoms with Gasteiger partial charge in [0.05, 0.1) is 13.9 Å². The summed E-state index contributed by atoms with van der Waals surface area (Å²) in [5.74, 6) is -3.61. The molecule has 66 heavy (non-hydrogen) atoms. The molecule has 0 saturated heterocycles. The van der Waals surface area contributed by atoms with Gasteiger partial charge in [-0.2, -0.15) is 0 Å². The molecule has 0 aliphatic carbocycles. The van der Waals surface area contributed by atoms with E-state index in [4.69, 9.17) is 35.0 Å². The first-order valence-electron chi connectivity index (χ1n) is 21.0. The molecule has 0 fully saturated rings. The van der Waals surface area contributed by atoms with Gasteiger partial charge in [-0.15, -0.1) is 0 Å². The number of azide groups is 2. The Kier molecular flexibility index (Phi) is 58.8. The van der Waals surface area contributed by atoms with Gasteiger partial charge in [0, 0.05) is 66.8 Å². The minimum absolute atomic E-state index is 0.